The Kier molecular flexibility index (Phi) is 3.96. The lowest BCUT2D eigenvalue weighted by Crippen LogP contribution is -2.21. The molecule has 5 nitrogen and oxygen atoms in total. The number of allylic oxidation sites excluding steroid dienone is 4. The van der Waals surface area contributed by atoms with Gasteiger partial charge in [-0.05, 0) is 61.3 Å². The summed E-state index contributed by atoms with van der Waals surface area (Å²) < 4.78 is 15.3. The predicted molar refractivity (Wildman–Crippen MR) is 107 cm³/mol. The van der Waals surface area contributed by atoms with Crippen molar-refractivity contribution in [1.29, 1.82) is 0 Å². The maximum atomic E-state index is 13.5. The molecule has 1 N–H and O–H groups in total. The van der Waals surface area contributed by atoms with Crippen LogP contribution in [-0.4, -0.2) is 25.0 Å². The molecule has 0 aliphatic heterocycles. The zero-order valence-corrected chi connectivity index (χ0v) is 16.3. The van der Waals surface area contributed by atoms with E-state index < -0.39 is 0 Å². The van der Waals surface area contributed by atoms with E-state index >= 15 is 0 Å². The molecule has 0 atom stereocenters. The summed E-state index contributed by atoms with van der Waals surface area (Å²) in [4.78, 5) is 4.55. The van der Waals surface area contributed by atoms with Gasteiger partial charge >= 0.3 is 0 Å². The maximum absolute atomic E-state index is 13.5. The number of H-pyrrole nitrogens is 1. The fraction of sp³-hybridized carbons (Fsp3) is 0.409. The van der Waals surface area contributed by atoms with Crippen molar-refractivity contribution in [3.8, 4) is 11.3 Å². The topological polar surface area (TPSA) is 59.4 Å². The normalized spacial score (nSPS) is 18.7. The van der Waals surface area contributed by atoms with Crippen molar-refractivity contribution in [2.24, 2.45) is 5.41 Å². The van der Waals surface area contributed by atoms with Crippen LogP contribution in [0.1, 0.15) is 44.4 Å². The predicted octanol–water partition coefficient (Wildman–Crippen LogP) is 4.91. The summed E-state index contributed by atoms with van der Waals surface area (Å²) in [5, 5.41) is 13.4. The van der Waals surface area contributed by atoms with Crippen molar-refractivity contribution in [2.45, 2.75) is 52.5 Å². The highest BCUT2D eigenvalue weighted by Gasteiger charge is 2.29. The minimum Gasteiger partial charge on any atom is -0.282 e. The summed E-state index contributed by atoms with van der Waals surface area (Å²) in [5.41, 5.74) is 6.69. The molecular formula is C22H24FN5. The molecule has 0 amide bonds. The van der Waals surface area contributed by atoms with Gasteiger partial charge in [-0.15, -0.1) is 0 Å². The van der Waals surface area contributed by atoms with Crippen LogP contribution in [0.5, 0.6) is 0 Å². The van der Waals surface area contributed by atoms with Crippen LogP contribution in [0.3, 0.4) is 0 Å². The first-order valence-electron chi connectivity index (χ1n) is 9.92. The molecule has 5 rings (SSSR count). The minimum atomic E-state index is -0.148. The third-order valence-corrected chi connectivity index (χ3v) is 5.85. The third kappa shape index (κ3) is 3.17. The average molecular weight is 377 g/mol. The number of fused-ring (bicyclic) bond motifs is 2. The Hall–Kier alpha value is -2.76. The Morgan fingerprint density at radius 3 is 3.04 bits per heavy atom. The number of hydrogen-bond acceptors (Lipinski definition) is 3. The fourth-order valence-electron chi connectivity index (χ4n) is 4.31. The monoisotopic (exact) mass is 377 g/mol. The molecule has 6 heteroatoms. The third-order valence-electron chi connectivity index (χ3n) is 5.85. The Bertz CT molecular complexity index is 1120. The lowest BCUT2D eigenvalue weighted by atomic mass is 9.76. The smallest absolute Gasteiger partial charge is 0.181 e. The van der Waals surface area contributed by atoms with E-state index in [4.69, 9.17) is 0 Å². The molecule has 144 valence electrons. The van der Waals surface area contributed by atoms with Crippen LogP contribution in [0.25, 0.3) is 22.3 Å². The summed E-state index contributed by atoms with van der Waals surface area (Å²) in [6.07, 6.45) is 12.0. The zero-order chi connectivity index (χ0) is 19.3. The van der Waals surface area contributed by atoms with E-state index in [1.54, 1.807) is 12.2 Å². The van der Waals surface area contributed by atoms with E-state index in [1.807, 2.05) is 17.1 Å². The molecule has 0 aromatic carbocycles. The minimum absolute atomic E-state index is 0.148. The van der Waals surface area contributed by atoms with Gasteiger partial charge in [0.25, 0.3) is 0 Å². The number of aromatic nitrogens is 5. The van der Waals surface area contributed by atoms with E-state index in [0.29, 0.717) is 17.6 Å². The van der Waals surface area contributed by atoms with E-state index in [0.717, 1.165) is 47.9 Å². The van der Waals surface area contributed by atoms with E-state index in [-0.39, 0.29) is 5.83 Å². The van der Waals surface area contributed by atoms with Gasteiger partial charge in [0.2, 0.25) is 0 Å². The molecule has 0 bridgehead atoms. The van der Waals surface area contributed by atoms with Gasteiger partial charge in [0.15, 0.2) is 5.65 Å². The first-order valence-corrected chi connectivity index (χ1v) is 9.92. The average Bonchev–Trinajstić information content (AvgIpc) is 3.22. The number of rotatable bonds is 3. The van der Waals surface area contributed by atoms with E-state index in [9.17, 15) is 4.39 Å². The SMILES string of the molecule is CC1(C)CCc2c(-c3cnc4nn(CC5=CC(F)=CCC5)cc4c3)n[nH]c2C1. The van der Waals surface area contributed by atoms with Crippen LogP contribution in [0.2, 0.25) is 0 Å². The molecular weight excluding hydrogens is 353 g/mol. The molecule has 0 radical (unpaired) electrons. The Labute approximate surface area is 163 Å². The van der Waals surface area contributed by atoms with Crippen molar-refractivity contribution >= 4 is 11.0 Å². The molecule has 0 saturated carbocycles. The molecule has 28 heavy (non-hydrogen) atoms. The Balaban J connectivity index is 1.45. The molecule has 0 saturated heterocycles. The summed E-state index contributed by atoms with van der Waals surface area (Å²) in [5.74, 6) is -0.148. The standard InChI is InChI=1S/C22H24FN5/c1-22(2)7-6-18-19(10-22)25-26-20(18)15-9-16-13-28(27-21(16)24-11-15)12-14-4-3-5-17(23)8-14/h5,8-9,11,13H,3-4,6-7,10,12H2,1-2H3,(H,25,26). The number of nitrogens with zero attached hydrogens (tertiary/aromatic N) is 4. The summed E-state index contributed by atoms with van der Waals surface area (Å²) in [6, 6.07) is 2.11. The van der Waals surface area contributed by atoms with Gasteiger partial charge in [0.1, 0.15) is 5.83 Å². The van der Waals surface area contributed by atoms with E-state index in [2.05, 4.69) is 40.2 Å². The highest BCUT2D eigenvalue weighted by Crippen LogP contribution is 2.38. The largest absolute Gasteiger partial charge is 0.282 e. The second kappa shape index (κ2) is 6.40. The molecule has 2 aliphatic carbocycles. The van der Waals surface area contributed by atoms with Gasteiger partial charge in [-0.25, -0.2) is 9.37 Å². The van der Waals surface area contributed by atoms with Crippen molar-refractivity contribution < 1.29 is 4.39 Å². The first kappa shape index (κ1) is 17.3. The number of nitrogens with one attached hydrogen (secondary N) is 1. The second-order valence-corrected chi connectivity index (χ2v) is 8.76. The fourth-order valence-corrected chi connectivity index (χ4v) is 4.31. The van der Waals surface area contributed by atoms with Crippen molar-refractivity contribution in [2.75, 3.05) is 0 Å². The van der Waals surface area contributed by atoms with Crippen LogP contribution in [0.15, 0.2) is 42.0 Å². The van der Waals surface area contributed by atoms with Crippen molar-refractivity contribution in [1.82, 2.24) is 25.0 Å². The molecule has 2 aliphatic rings. The molecule has 3 aromatic heterocycles. The molecule has 0 fully saturated rings. The first-order chi connectivity index (χ1) is 13.5. The second-order valence-electron chi connectivity index (χ2n) is 8.76. The van der Waals surface area contributed by atoms with Crippen LogP contribution < -0.4 is 0 Å². The van der Waals surface area contributed by atoms with Crippen molar-refractivity contribution in [3.05, 3.63) is 53.3 Å². The van der Waals surface area contributed by atoms with Crippen LogP contribution in [0, 0.1) is 5.41 Å². The van der Waals surface area contributed by atoms with E-state index in [1.165, 1.54) is 17.7 Å². The van der Waals surface area contributed by atoms with Crippen LogP contribution in [0.4, 0.5) is 4.39 Å². The van der Waals surface area contributed by atoms with Gasteiger partial charge in [-0.1, -0.05) is 13.8 Å². The lowest BCUT2D eigenvalue weighted by Gasteiger charge is -2.29. The number of halogens is 1. The van der Waals surface area contributed by atoms with Gasteiger partial charge in [-0.2, -0.15) is 10.2 Å². The Morgan fingerprint density at radius 1 is 1.29 bits per heavy atom. The van der Waals surface area contributed by atoms with Crippen molar-refractivity contribution in [3.63, 3.8) is 0 Å². The zero-order valence-electron chi connectivity index (χ0n) is 16.3. The number of aromatic amines is 1. The highest BCUT2D eigenvalue weighted by atomic mass is 19.1. The summed E-state index contributed by atoms with van der Waals surface area (Å²) in [6.45, 7) is 5.21. The number of pyridine rings is 1. The van der Waals surface area contributed by atoms with Gasteiger partial charge < -0.3 is 0 Å². The van der Waals surface area contributed by atoms with Crippen LogP contribution >= 0.6 is 0 Å². The lowest BCUT2D eigenvalue weighted by molar-refractivity contribution is 0.312. The van der Waals surface area contributed by atoms with Gasteiger partial charge in [0, 0.05) is 34.6 Å². The Morgan fingerprint density at radius 2 is 2.18 bits per heavy atom. The maximum Gasteiger partial charge on any atom is 0.181 e. The van der Waals surface area contributed by atoms with Gasteiger partial charge in [-0.3, -0.25) is 9.78 Å². The molecule has 3 aromatic rings. The highest BCUT2D eigenvalue weighted by molar-refractivity contribution is 5.80. The number of hydrogen-bond donors (Lipinski definition) is 1. The quantitative estimate of drug-likeness (QED) is 0.705. The molecule has 3 heterocycles. The molecule has 0 spiro atoms. The summed E-state index contributed by atoms with van der Waals surface area (Å²) in [7, 11) is 0. The molecule has 0 unspecified atom stereocenters. The summed E-state index contributed by atoms with van der Waals surface area (Å²) >= 11 is 0. The van der Waals surface area contributed by atoms with Crippen LogP contribution in [-0.2, 0) is 19.4 Å². The van der Waals surface area contributed by atoms with Gasteiger partial charge in [0.05, 0.1) is 12.2 Å².